The summed E-state index contributed by atoms with van der Waals surface area (Å²) in [6, 6.07) is 14.1. The molecule has 0 unspecified atom stereocenters. The number of amides is 2. The van der Waals surface area contributed by atoms with Gasteiger partial charge in [0, 0.05) is 0 Å². The number of urea groups is 1. The maximum absolute atomic E-state index is 12.4. The first-order valence-electron chi connectivity index (χ1n) is 8.01. The molecule has 6 heteroatoms. The van der Waals surface area contributed by atoms with Gasteiger partial charge < -0.3 is 10.6 Å². The molecule has 124 valence electrons. The highest BCUT2D eigenvalue weighted by Gasteiger charge is 2.35. The summed E-state index contributed by atoms with van der Waals surface area (Å²) in [5.74, 6) is -0.0823. The molecule has 2 aliphatic rings. The van der Waals surface area contributed by atoms with Crippen LogP contribution >= 0.6 is 0 Å². The molecule has 2 N–H and O–H groups in total. The van der Waals surface area contributed by atoms with Crippen molar-refractivity contribution in [3.63, 3.8) is 0 Å². The topological polar surface area (TPSA) is 75.3 Å². The number of sulfone groups is 1. The van der Waals surface area contributed by atoms with Crippen molar-refractivity contribution in [2.45, 2.75) is 29.8 Å². The molecule has 0 saturated carbocycles. The lowest BCUT2D eigenvalue weighted by molar-refractivity contribution is 0.234. The summed E-state index contributed by atoms with van der Waals surface area (Å²) in [4.78, 5) is 12.7. The number of carbonyl (C=O) groups is 1. The lowest BCUT2D eigenvalue weighted by atomic mass is 10.1. The van der Waals surface area contributed by atoms with E-state index in [1.807, 2.05) is 18.2 Å². The molecule has 1 aliphatic heterocycles. The lowest BCUT2D eigenvalue weighted by Crippen LogP contribution is -2.40. The SMILES string of the molecule is O=C(N[C@H]1CCc2ccccc21)N[C@@H]1CS(=O)(=O)c2ccccc21. The fraction of sp³-hybridized carbons (Fsp3) is 0.278. The van der Waals surface area contributed by atoms with Crippen LogP contribution in [0.15, 0.2) is 53.4 Å². The number of nitrogens with one attached hydrogen (secondary N) is 2. The molecule has 1 heterocycles. The minimum absolute atomic E-state index is 0.0190. The van der Waals surface area contributed by atoms with Crippen molar-refractivity contribution < 1.29 is 13.2 Å². The van der Waals surface area contributed by atoms with Crippen molar-refractivity contribution in [1.29, 1.82) is 0 Å². The van der Waals surface area contributed by atoms with Gasteiger partial charge in [0.15, 0.2) is 9.84 Å². The van der Waals surface area contributed by atoms with Crippen molar-refractivity contribution in [3.05, 3.63) is 65.2 Å². The van der Waals surface area contributed by atoms with E-state index in [9.17, 15) is 13.2 Å². The predicted octanol–water partition coefficient (Wildman–Crippen LogP) is 2.50. The molecule has 2 amide bonds. The second-order valence-electron chi connectivity index (χ2n) is 6.28. The summed E-state index contributed by atoms with van der Waals surface area (Å²) in [5.41, 5.74) is 3.07. The first kappa shape index (κ1) is 15.2. The van der Waals surface area contributed by atoms with Gasteiger partial charge in [-0.1, -0.05) is 42.5 Å². The van der Waals surface area contributed by atoms with Crippen LogP contribution in [0.3, 0.4) is 0 Å². The highest BCUT2D eigenvalue weighted by atomic mass is 32.2. The smallest absolute Gasteiger partial charge is 0.315 e. The van der Waals surface area contributed by atoms with Gasteiger partial charge in [-0.15, -0.1) is 0 Å². The van der Waals surface area contributed by atoms with Gasteiger partial charge in [0.2, 0.25) is 0 Å². The number of hydrogen-bond donors (Lipinski definition) is 2. The van der Waals surface area contributed by atoms with E-state index in [0.717, 1.165) is 18.4 Å². The first-order valence-corrected chi connectivity index (χ1v) is 9.66. The van der Waals surface area contributed by atoms with Crippen LogP contribution in [0.25, 0.3) is 0 Å². The molecule has 4 rings (SSSR count). The minimum atomic E-state index is -3.32. The second kappa shape index (κ2) is 5.63. The van der Waals surface area contributed by atoms with Crippen LogP contribution in [-0.4, -0.2) is 20.2 Å². The van der Waals surface area contributed by atoms with Gasteiger partial charge in [-0.25, -0.2) is 13.2 Å². The summed E-state index contributed by atoms with van der Waals surface area (Å²) < 4.78 is 24.4. The molecular weight excluding hydrogens is 324 g/mol. The van der Waals surface area contributed by atoms with E-state index in [4.69, 9.17) is 0 Å². The number of carbonyl (C=O) groups excluding carboxylic acids is 1. The standard InChI is InChI=1S/C18H18N2O3S/c21-18(19-15-10-9-12-5-1-2-6-13(12)15)20-16-11-24(22,23)17-8-4-3-7-14(16)17/h1-8,15-16H,9-11H2,(H2,19,20,21)/t15-,16+/m0/s1. The summed E-state index contributed by atoms with van der Waals surface area (Å²) >= 11 is 0. The van der Waals surface area contributed by atoms with Gasteiger partial charge in [-0.05, 0) is 35.6 Å². The molecule has 2 aromatic rings. The Morgan fingerprint density at radius 1 is 0.917 bits per heavy atom. The average molecular weight is 342 g/mol. The normalized spacial score (nSPS) is 23.3. The molecule has 0 saturated heterocycles. The van der Waals surface area contributed by atoms with Crippen LogP contribution in [0.5, 0.6) is 0 Å². The van der Waals surface area contributed by atoms with Gasteiger partial charge in [0.25, 0.3) is 0 Å². The first-order chi connectivity index (χ1) is 11.5. The van der Waals surface area contributed by atoms with E-state index in [0.29, 0.717) is 10.5 Å². The summed E-state index contributed by atoms with van der Waals surface area (Å²) in [7, 11) is -3.32. The van der Waals surface area contributed by atoms with E-state index >= 15 is 0 Å². The quantitative estimate of drug-likeness (QED) is 0.880. The number of fused-ring (bicyclic) bond motifs is 2. The largest absolute Gasteiger partial charge is 0.331 e. The fourth-order valence-corrected chi connectivity index (χ4v) is 5.37. The molecule has 5 nitrogen and oxygen atoms in total. The van der Waals surface area contributed by atoms with Gasteiger partial charge in [0.05, 0.1) is 22.7 Å². The number of rotatable bonds is 2. The average Bonchev–Trinajstić information content (AvgIpc) is 3.08. The van der Waals surface area contributed by atoms with Crippen molar-refractivity contribution in [1.82, 2.24) is 10.6 Å². The van der Waals surface area contributed by atoms with Crippen molar-refractivity contribution in [2.75, 3.05) is 5.75 Å². The third-order valence-corrected chi connectivity index (χ3v) is 6.57. The molecule has 0 aromatic heterocycles. The van der Waals surface area contributed by atoms with Crippen LogP contribution in [0.2, 0.25) is 0 Å². The summed E-state index contributed by atoms with van der Waals surface area (Å²) in [6.45, 7) is 0. The maximum atomic E-state index is 12.4. The van der Waals surface area contributed by atoms with Crippen LogP contribution in [0.1, 0.15) is 35.2 Å². The summed E-state index contributed by atoms with van der Waals surface area (Å²) in [5, 5.41) is 5.79. The Bertz CT molecular complexity index is 908. The Morgan fingerprint density at radius 3 is 2.42 bits per heavy atom. The Morgan fingerprint density at radius 2 is 1.58 bits per heavy atom. The van der Waals surface area contributed by atoms with Crippen molar-refractivity contribution in [3.8, 4) is 0 Å². The summed E-state index contributed by atoms with van der Waals surface area (Å²) in [6.07, 6.45) is 1.81. The van der Waals surface area contributed by atoms with Gasteiger partial charge in [-0.3, -0.25) is 0 Å². The van der Waals surface area contributed by atoms with Gasteiger partial charge in [0.1, 0.15) is 0 Å². The number of aryl methyl sites for hydroxylation is 1. The Labute approximate surface area is 141 Å². The van der Waals surface area contributed by atoms with E-state index in [1.165, 1.54) is 5.56 Å². The molecule has 1 aliphatic carbocycles. The van der Waals surface area contributed by atoms with Crippen LogP contribution in [0, 0.1) is 0 Å². The maximum Gasteiger partial charge on any atom is 0.315 e. The van der Waals surface area contributed by atoms with Gasteiger partial charge in [-0.2, -0.15) is 0 Å². The van der Waals surface area contributed by atoms with Crippen LogP contribution in [-0.2, 0) is 16.3 Å². The van der Waals surface area contributed by atoms with Gasteiger partial charge >= 0.3 is 6.03 Å². The highest BCUT2D eigenvalue weighted by Crippen LogP contribution is 2.33. The predicted molar refractivity (Wildman–Crippen MR) is 90.4 cm³/mol. The third kappa shape index (κ3) is 2.57. The molecule has 2 atom stereocenters. The molecular formula is C18H18N2O3S. The van der Waals surface area contributed by atoms with E-state index in [2.05, 4.69) is 16.7 Å². The molecule has 0 fully saturated rings. The van der Waals surface area contributed by atoms with E-state index < -0.39 is 15.9 Å². The zero-order chi connectivity index (χ0) is 16.7. The Balaban J connectivity index is 1.49. The number of benzene rings is 2. The fourth-order valence-electron chi connectivity index (χ4n) is 3.64. The number of hydrogen-bond acceptors (Lipinski definition) is 3. The van der Waals surface area contributed by atoms with E-state index in [-0.39, 0.29) is 17.8 Å². The Kier molecular flexibility index (Phi) is 3.57. The molecule has 0 bridgehead atoms. The highest BCUT2D eigenvalue weighted by molar-refractivity contribution is 7.91. The second-order valence-corrected chi connectivity index (χ2v) is 8.28. The zero-order valence-electron chi connectivity index (χ0n) is 13.0. The minimum Gasteiger partial charge on any atom is -0.331 e. The van der Waals surface area contributed by atoms with Crippen molar-refractivity contribution >= 4 is 15.9 Å². The molecule has 2 aromatic carbocycles. The van der Waals surface area contributed by atoms with E-state index in [1.54, 1.807) is 24.3 Å². The van der Waals surface area contributed by atoms with Crippen LogP contribution in [0.4, 0.5) is 4.79 Å². The van der Waals surface area contributed by atoms with Crippen LogP contribution < -0.4 is 10.6 Å². The lowest BCUT2D eigenvalue weighted by Gasteiger charge is -2.18. The van der Waals surface area contributed by atoms with Crippen molar-refractivity contribution in [2.24, 2.45) is 0 Å². The third-order valence-electron chi connectivity index (χ3n) is 4.76. The molecule has 24 heavy (non-hydrogen) atoms. The molecule has 0 radical (unpaired) electrons. The zero-order valence-corrected chi connectivity index (χ0v) is 13.8. The molecule has 0 spiro atoms. The Hall–Kier alpha value is -2.34. The monoisotopic (exact) mass is 342 g/mol.